The lowest BCUT2D eigenvalue weighted by atomic mass is 10.3. The van der Waals surface area contributed by atoms with Gasteiger partial charge in [-0.15, -0.1) is 0 Å². The number of carbonyl (C=O) groups excluding carboxylic acids is 1. The monoisotopic (exact) mass is 246 g/mol. The molecule has 0 bridgehead atoms. The van der Waals surface area contributed by atoms with E-state index in [0.29, 0.717) is 13.2 Å². The predicted octanol–water partition coefficient (Wildman–Crippen LogP) is 0.908. The number of aliphatic hydroxyl groups is 1. The molecule has 0 spiro atoms. The molecule has 2 atom stereocenters. The summed E-state index contributed by atoms with van der Waals surface area (Å²) in [5.74, 6) is -0.440. The van der Waals surface area contributed by atoms with E-state index < -0.39 is 12.1 Å². The Morgan fingerprint density at radius 3 is 2.53 bits per heavy atom. The van der Waals surface area contributed by atoms with Crippen LogP contribution in [0.5, 0.6) is 0 Å². The van der Waals surface area contributed by atoms with E-state index in [0.717, 1.165) is 0 Å². The molecule has 0 aliphatic carbocycles. The molecule has 0 amide bonds. The third-order valence-corrected chi connectivity index (χ3v) is 1.81. The Morgan fingerprint density at radius 2 is 2.00 bits per heavy atom. The normalized spacial score (nSPS) is 14.1. The topological polar surface area (TPSA) is 65.0 Å². The molecular weight excluding hydrogens is 224 g/mol. The Labute approximate surface area is 102 Å². The minimum atomic E-state index is -0.494. The van der Waals surface area contributed by atoms with Gasteiger partial charge in [0.2, 0.25) is 0 Å². The zero-order valence-corrected chi connectivity index (χ0v) is 10.8. The minimum Gasteiger partial charge on any atom is -0.463 e. The number of esters is 1. The Morgan fingerprint density at radius 1 is 1.35 bits per heavy atom. The molecular formula is C12H22O5. The average Bonchev–Trinajstić information content (AvgIpc) is 2.26. The van der Waals surface area contributed by atoms with Crippen molar-refractivity contribution in [2.45, 2.75) is 33.0 Å². The summed E-state index contributed by atoms with van der Waals surface area (Å²) in [5.41, 5.74) is 0.287. The highest BCUT2D eigenvalue weighted by molar-refractivity contribution is 5.87. The zero-order chi connectivity index (χ0) is 13.3. The lowest BCUT2D eigenvalue weighted by Crippen LogP contribution is -2.22. The second kappa shape index (κ2) is 9.15. The van der Waals surface area contributed by atoms with Gasteiger partial charge in [0.05, 0.1) is 44.2 Å². The first-order chi connectivity index (χ1) is 7.97. The number of carbonyl (C=O) groups is 1. The Hall–Kier alpha value is -0.910. The van der Waals surface area contributed by atoms with Gasteiger partial charge in [0.25, 0.3) is 0 Å². The molecule has 0 aromatic heterocycles. The third kappa shape index (κ3) is 8.85. The maximum absolute atomic E-state index is 11.2. The SMILES string of the molecule is C=C(COCC(C)OCC(C)O)C(=O)OCC. The molecule has 100 valence electrons. The molecule has 5 nitrogen and oxygen atoms in total. The van der Waals surface area contributed by atoms with Crippen LogP contribution in [-0.4, -0.2) is 49.7 Å². The van der Waals surface area contributed by atoms with Gasteiger partial charge in [-0.3, -0.25) is 0 Å². The summed E-state index contributed by atoms with van der Waals surface area (Å²) in [4.78, 5) is 11.2. The minimum absolute atomic E-state index is 0.126. The van der Waals surface area contributed by atoms with Crippen molar-refractivity contribution >= 4 is 5.97 Å². The Balaban J connectivity index is 3.62. The maximum Gasteiger partial charge on any atom is 0.335 e. The first kappa shape index (κ1) is 16.1. The van der Waals surface area contributed by atoms with Crippen molar-refractivity contribution < 1.29 is 24.1 Å². The van der Waals surface area contributed by atoms with Gasteiger partial charge in [0, 0.05) is 0 Å². The molecule has 0 aliphatic heterocycles. The second-order valence-electron chi connectivity index (χ2n) is 3.83. The lowest BCUT2D eigenvalue weighted by Gasteiger charge is -2.14. The molecule has 0 aromatic carbocycles. The molecule has 1 N–H and O–H groups in total. The standard InChI is InChI=1S/C12H22O5/c1-5-16-12(14)9(2)6-15-8-11(4)17-7-10(3)13/h10-11,13H,2,5-8H2,1,3-4H3. The van der Waals surface area contributed by atoms with Crippen LogP contribution < -0.4 is 0 Å². The van der Waals surface area contributed by atoms with Crippen molar-refractivity contribution in [3.05, 3.63) is 12.2 Å². The van der Waals surface area contributed by atoms with Crippen LogP contribution in [0.15, 0.2) is 12.2 Å². The van der Waals surface area contributed by atoms with Crippen LogP contribution in [0, 0.1) is 0 Å². The highest BCUT2D eigenvalue weighted by atomic mass is 16.5. The molecule has 0 rings (SSSR count). The largest absolute Gasteiger partial charge is 0.463 e. The van der Waals surface area contributed by atoms with Crippen LogP contribution in [0.25, 0.3) is 0 Å². The van der Waals surface area contributed by atoms with Crippen molar-refractivity contribution in [1.82, 2.24) is 0 Å². The third-order valence-electron chi connectivity index (χ3n) is 1.81. The van der Waals surface area contributed by atoms with E-state index in [9.17, 15) is 4.79 Å². The molecule has 0 fully saturated rings. The number of rotatable bonds is 9. The van der Waals surface area contributed by atoms with Gasteiger partial charge in [0.1, 0.15) is 0 Å². The van der Waals surface area contributed by atoms with E-state index in [1.54, 1.807) is 13.8 Å². The molecule has 0 aliphatic rings. The lowest BCUT2D eigenvalue weighted by molar-refractivity contribution is -0.139. The van der Waals surface area contributed by atoms with Crippen LogP contribution >= 0.6 is 0 Å². The number of ether oxygens (including phenoxy) is 3. The molecule has 0 radical (unpaired) electrons. The summed E-state index contributed by atoms with van der Waals surface area (Å²) in [6.45, 7) is 9.83. The van der Waals surface area contributed by atoms with Crippen molar-refractivity contribution in [3.8, 4) is 0 Å². The first-order valence-corrected chi connectivity index (χ1v) is 5.69. The number of hydrogen-bond acceptors (Lipinski definition) is 5. The first-order valence-electron chi connectivity index (χ1n) is 5.69. The fourth-order valence-electron chi connectivity index (χ4n) is 0.992. The summed E-state index contributed by atoms with van der Waals surface area (Å²) < 4.78 is 15.3. The van der Waals surface area contributed by atoms with Crippen LogP contribution in [0.3, 0.4) is 0 Å². The van der Waals surface area contributed by atoms with Gasteiger partial charge in [-0.2, -0.15) is 0 Å². The van der Waals surface area contributed by atoms with E-state index in [4.69, 9.17) is 19.3 Å². The summed E-state index contributed by atoms with van der Waals surface area (Å²) in [5, 5.41) is 9.01. The van der Waals surface area contributed by atoms with E-state index >= 15 is 0 Å². The summed E-state index contributed by atoms with van der Waals surface area (Å²) in [6.07, 6.45) is -0.633. The van der Waals surface area contributed by atoms with E-state index in [1.807, 2.05) is 6.92 Å². The van der Waals surface area contributed by atoms with Gasteiger partial charge < -0.3 is 19.3 Å². The molecule has 0 saturated carbocycles. The van der Waals surface area contributed by atoms with E-state index in [2.05, 4.69) is 6.58 Å². The van der Waals surface area contributed by atoms with Gasteiger partial charge >= 0.3 is 5.97 Å². The molecule has 0 saturated heterocycles. The second-order valence-corrected chi connectivity index (χ2v) is 3.83. The number of hydrogen-bond donors (Lipinski definition) is 1. The molecule has 5 heteroatoms. The van der Waals surface area contributed by atoms with Crippen LogP contribution in [-0.2, 0) is 19.0 Å². The highest BCUT2D eigenvalue weighted by Crippen LogP contribution is 1.99. The van der Waals surface area contributed by atoms with Gasteiger partial charge in [-0.05, 0) is 20.8 Å². The zero-order valence-electron chi connectivity index (χ0n) is 10.8. The quantitative estimate of drug-likeness (QED) is 0.484. The van der Waals surface area contributed by atoms with E-state index in [1.165, 1.54) is 0 Å². The summed E-state index contributed by atoms with van der Waals surface area (Å²) in [7, 11) is 0. The smallest absolute Gasteiger partial charge is 0.335 e. The fourth-order valence-corrected chi connectivity index (χ4v) is 0.992. The van der Waals surface area contributed by atoms with Crippen molar-refractivity contribution in [1.29, 1.82) is 0 Å². The predicted molar refractivity (Wildman–Crippen MR) is 63.7 cm³/mol. The van der Waals surface area contributed by atoms with Gasteiger partial charge in [-0.1, -0.05) is 6.58 Å². The highest BCUT2D eigenvalue weighted by Gasteiger charge is 2.09. The van der Waals surface area contributed by atoms with Crippen molar-refractivity contribution in [2.75, 3.05) is 26.4 Å². The van der Waals surface area contributed by atoms with Crippen LogP contribution in [0.2, 0.25) is 0 Å². The Kier molecular flexibility index (Phi) is 8.66. The van der Waals surface area contributed by atoms with Crippen LogP contribution in [0.1, 0.15) is 20.8 Å². The van der Waals surface area contributed by atoms with Gasteiger partial charge in [-0.25, -0.2) is 4.79 Å². The summed E-state index contributed by atoms with van der Waals surface area (Å²) >= 11 is 0. The molecule has 17 heavy (non-hydrogen) atoms. The molecule has 2 unspecified atom stereocenters. The van der Waals surface area contributed by atoms with Gasteiger partial charge in [0.15, 0.2) is 0 Å². The average molecular weight is 246 g/mol. The van der Waals surface area contributed by atoms with Crippen molar-refractivity contribution in [3.63, 3.8) is 0 Å². The molecule has 0 heterocycles. The number of aliphatic hydroxyl groups excluding tert-OH is 1. The fraction of sp³-hybridized carbons (Fsp3) is 0.750. The Bertz CT molecular complexity index is 237. The maximum atomic E-state index is 11.2. The summed E-state index contributed by atoms with van der Waals surface area (Å²) in [6, 6.07) is 0. The van der Waals surface area contributed by atoms with E-state index in [-0.39, 0.29) is 24.9 Å². The molecule has 0 aromatic rings. The van der Waals surface area contributed by atoms with Crippen molar-refractivity contribution in [2.24, 2.45) is 0 Å². The van der Waals surface area contributed by atoms with Crippen LogP contribution in [0.4, 0.5) is 0 Å².